The van der Waals surface area contributed by atoms with Crippen LogP contribution in [0.25, 0.3) is 0 Å². The van der Waals surface area contributed by atoms with Gasteiger partial charge in [-0.15, -0.1) is 12.3 Å². The fourth-order valence-electron chi connectivity index (χ4n) is 0.732. The lowest BCUT2D eigenvalue weighted by Gasteiger charge is -2.07. The standard InChI is InChI=1S/C9H17NO2/c1-3-4-9(10)5-6-12-8-7-11-2/h1,9H,4-8,10H2,2H3. The van der Waals surface area contributed by atoms with Crippen LogP contribution >= 0.6 is 0 Å². The second-order valence-corrected chi connectivity index (χ2v) is 2.56. The Morgan fingerprint density at radius 1 is 1.42 bits per heavy atom. The van der Waals surface area contributed by atoms with E-state index in [0.29, 0.717) is 26.2 Å². The van der Waals surface area contributed by atoms with Gasteiger partial charge in [0.2, 0.25) is 0 Å². The largest absolute Gasteiger partial charge is 0.382 e. The van der Waals surface area contributed by atoms with Gasteiger partial charge in [0.25, 0.3) is 0 Å². The molecule has 2 N–H and O–H groups in total. The molecule has 1 unspecified atom stereocenters. The Kier molecular flexibility index (Phi) is 8.14. The molecule has 0 fully saturated rings. The van der Waals surface area contributed by atoms with Crippen molar-refractivity contribution in [3.8, 4) is 12.3 Å². The van der Waals surface area contributed by atoms with E-state index in [4.69, 9.17) is 21.6 Å². The third-order valence-electron chi connectivity index (χ3n) is 1.44. The summed E-state index contributed by atoms with van der Waals surface area (Å²) in [4.78, 5) is 0. The average molecular weight is 171 g/mol. The molecule has 3 heteroatoms. The van der Waals surface area contributed by atoms with E-state index in [9.17, 15) is 0 Å². The van der Waals surface area contributed by atoms with Crippen molar-refractivity contribution >= 4 is 0 Å². The van der Waals surface area contributed by atoms with Crippen LogP contribution in [0, 0.1) is 12.3 Å². The average Bonchev–Trinajstić information content (AvgIpc) is 2.05. The molecule has 1 atom stereocenters. The zero-order valence-corrected chi connectivity index (χ0v) is 7.58. The maximum atomic E-state index is 5.65. The molecule has 0 rings (SSSR count). The van der Waals surface area contributed by atoms with Gasteiger partial charge in [0.1, 0.15) is 0 Å². The number of rotatable bonds is 7. The number of methoxy groups -OCH3 is 1. The lowest BCUT2D eigenvalue weighted by atomic mass is 10.2. The highest BCUT2D eigenvalue weighted by Gasteiger charge is 1.98. The first-order valence-electron chi connectivity index (χ1n) is 4.07. The van der Waals surface area contributed by atoms with Crippen LogP contribution in [0.5, 0.6) is 0 Å². The molecule has 12 heavy (non-hydrogen) atoms. The van der Waals surface area contributed by atoms with Gasteiger partial charge in [0.15, 0.2) is 0 Å². The Morgan fingerprint density at radius 2 is 2.17 bits per heavy atom. The van der Waals surface area contributed by atoms with Crippen LogP contribution in [0.1, 0.15) is 12.8 Å². The van der Waals surface area contributed by atoms with Gasteiger partial charge in [-0.1, -0.05) is 0 Å². The molecule has 0 bridgehead atoms. The van der Waals surface area contributed by atoms with E-state index in [-0.39, 0.29) is 6.04 Å². The molecule has 0 radical (unpaired) electrons. The van der Waals surface area contributed by atoms with E-state index in [1.165, 1.54) is 0 Å². The highest BCUT2D eigenvalue weighted by molar-refractivity contribution is 4.88. The van der Waals surface area contributed by atoms with Crippen molar-refractivity contribution in [3.63, 3.8) is 0 Å². The third kappa shape index (κ3) is 7.55. The van der Waals surface area contributed by atoms with E-state index in [1.54, 1.807) is 7.11 Å². The van der Waals surface area contributed by atoms with Crippen LogP contribution in [0.3, 0.4) is 0 Å². The monoisotopic (exact) mass is 171 g/mol. The normalized spacial score (nSPS) is 12.4. The van der Waals surface area contributed by atoms with E-state index in [1.807, 2.05) is 0 Å². The number of hydrogen-bond donors (Lipinski definition) is 1. The zero-order chi connectivity index (χ0) is 9.23. The minimum Gasteiger partial charge on any atom is -0.382 e. The summed E-state index contributed by atoms with van der Waals surface area (Å²) in [6.45, 7) is 1.91. The molecule has 0 aromatic heterocycles. The Labute approximate surface area is 74.2 Å². The van der Waals surface area contributed by atoms with Gasteiger partial charge in [0, 0.05) is 26.2 Å². The van der Waals surface area contributed by atoms with Crippen molar-refractivity contribution in [2.24, 2.45) is 5.73 Å². The molecule has 0 aliphatic carbocycles. The predicted octanol–water partition coefficient (Wildman–Crippen LogP) is 0.390. The molecule has 0 aromatic carbocycles. The molecule has 0 aromatic rings. The van der Waals surface area contributed by atoms with Crippen LogP contribution in [0.2, 0.25) is 0 Å². The van der Waals surface area contributed by atoms with Crippen LogP contribution in [0.4, 0.5) is 0 Å². The first-order valence-corrected chi connectivity index (χ1v) is 4.07. The van der Waals surface area contributed by atoms with Gasteiger partial charge >= 0.3 is 0 Å². The number of nitrogens with two attached hydrogens (primary N) is 1. The van der Waals surface area contributed by atoms with Crippen LogP contribution < -0.4 is 5.73 Å². The molecular formula is C9H17NO2. The summed E-state index contributed by atoms with van der Waals surface area (Å²) in [5.41, 5.74) is 5.65. The Balaban J connectivity index is 3.04. The molecule has 0 amide bonds. The number of ether oxygens (including phenoxy) is 2. The fraction of sp³-hybridized carbons (Fsp3) is 0.778. The van der Waals surface area contributed by atoms with Gasteiger partial charge in [-0.2, -0.15) is 0 Å². The van der Waals surface area contributed by atoms with Crippen molar-refractivity contribution < 1.29 is 9.47 Å². The summed E-state index contributed by atoms with van der Waals surface area (Å²) in [5.74, 6) is 2.51. The Hall–Kier alpha value is -0.560. The summed E-state index contributed by atoms with van der Waals surface area (Å²) in [6.07, 6.45) is 6.52. The van der Waals surface area contributed by atoms with Crippen molar-refractivity contribution in [3.05, 3.63) is 0 Å². The molecule has 0 aliphatic heterocycles. The lowest BCUT2D eigenvalue weighted by molar-refractivity contribution is 0.0674. The quantitative estimate of drug-likeness (QED) is 0.445. The molecule has 0 spiro atoms. The van der Waals surface area contributed by atoms with Crippen LogP contribution in [0.15, 0.2) is 0 Å². The third-order valence-corrected chi connectivity index (χ3v) is 1.44. The summed E-state index contributed by atoms with van der Waals surface area (Å²) >= 11 is 0. The summed E-state index contributed by atoms with van der Waals surface area (Å²) < 4.78 is 10.0. The molecule has 0 saturated heterocycles. The summed E-state index contributed by atoms with van der Waals surface area (Å²) in [7, 11) is 1.65. The second-order valence-electron chi connectivity index (χ2n) is 2.56. The molecular weight excluding hydrogens is 154 g/mol. The van der Waals surface area contributed by atoms with Crippen LogP contribution in [-0.4, -0.2) is 33.0 Å². The van der Waals surface area contributed by atoms with Gasteiger partial charge in [-0.3, -0.25) is 0 Å². The van der Waals surface area contributed by atoms with E-state index >= 15 is 0 Å². The molecule has 70 valence electrons. The Bertz CT molecular complexity index is 131. The number of terminal acetylenes is 1. The summed E-state index contributed by atoms with van der Waals surface area (Å²) in [6, 6.07) is 0.0672. The van der Waals surface area contributed by atoms with Gasteiger partial charge < -0.3 is 15.2 Å². The molecule has 0 saturated carbocycles. The minimum absolute atomic E-state index is 0.0672. The van der Waals surface area contributed by atoms with E-state index < -0.39 is 0 Å². The van der Waals surface area contributed by atoms with Crippen LogP contribution in [-0.2, 0) is 9.47 Å². The Morgan fingerprint density at radius 3 is 2.75 bits per heavy atom. The van der Waals surface area contributed by atoms with E-state index in [0.717, 1.165) is 6.42 Å². The lowest BCUT2D eigenvalue weighted by Crippen LogP contribution is -2.21. The minimum atomic E-state index is 0.0672. The van der Waals surface area contributed by atoms with E-state index in [2.05, 4.69) is 5.92 Å². The predicted molar refractivity (Wildman–Crippen MR) is 48.7 cm³/mol. The van der Waals surface area contributed by atoms with Crippen molar-refractivity contribution in [1.29, 1.82) is 0 Å². The smallest absolute Gasteiger partial charge is 0.0700 e. The van der Waals surface area contributed by atoms with Gasteiger partial charge in [-0.05, 0) is 6.42 Å². The van der Waals surface area contributed by atoms with Crippen molar-refractivity contribution in [2.45, 2.75) is 18.9 Å². The fourth-order valence-corrected chi connectivity index (χ4v) is 0.732. The molecule has 0 aliphatic rings. The summed E-state index contributed by atoms with van der Waals surface area (Å²) in [5, 5.41) is 0. The molecule has 3 nitrogen and oxygen atoms in total. The van der Waals surface area contributed by atoms with Gasteiger partial charge in [0.05, 0.1) is 13.2 Å². The highest BCUT2D eigenvalue weighted by Crippen LogP contribution is 1.93. The number of hydrogen-bond acceptors (Lipinski definition) is 3. The van der Waals surface area contributed by atoms with Crippen molar-refractivity contribution in [2.75, 3.05) is 26.9 Å². The highest BCUT2D eigenvalue weighted by atomic mass is 16.5. The topological polar surface area (TPSA) is 44.5 Å². The van der Waals surface area contributed by atoms with Gasteiger partial charge in [-0.25, -0.2) is 0 Å². The maximum Gasteiger partial charge on any atom is 0.0700 e. The zero-order valence-electron chi connectivity index (χ0n) is 7.58. The second kappa shape index (κ2) is 8.54. The van der Waals surface area contributed by atoms with Crippen molar-refractivity contribution in [1.82, 2.24) is 0 Å². The maximum absolute atomic E-state index is 5.65. The first kappa shape index (κ1) is 11.4. The SMILES string of the molecule is C#CCC(N)CCOCCOC. The molecule has 0 heterocycles. The first-order chi connectivity index (χ1) is 5.81.